The number of nitrogens with zero attached hydrogens (tertiary/aromatic N) is 7. The Labute approximate surface area is 227 Å². The second-order valence-corrected chi connectivity index (χ2v) is 9.13. The van der Waals surface area contributed by atoms with E-state index in [1.807, 2.05) is 40.3 Å². The van der Waals surface area contributed by atoms with Crippen LogP contribution in [0.4, 0.5) is 23.0 Å². The molecule has 0 fully saturated rings. The summed E-state index contributed by atoms with van der Waals surface area (Å²) in [7, 11) is 11.0. The van der Waals surface area contributed by atoms with Gasteiger partial charge in [0.15, 0.2) is 11.4 Å². The van der Waals surface area contributed by atoms with Crippen LogP contribution in [0.5, 0.6) is 11.5 Å². The molecule has 4 rings (SSSR count). The Morgan fingerprint density at radius 2 is 1.79 bits per heavy atom. The normalized spacial score (nSPS) is 10.9. The van der Waals surface area contributed by atoms with E-state index in [4.69, 9.17) is 14.5 Å². The molecule has 0 saturated carbocycles. The Morgan fingerprint density at radius 3 is 2.49 bits per heavy atom. The monoisotopic (exact) mass is 531 g/mol. The van der Waals surface area contributed by atoms with Gasteiger partial charge >= 0.3 is 0 Å². The molecular weight excluding hydrogens is 498 g/mol. The third kappa shape index (κ3) is 6.07. The molecule has 0 saturated heterocycles. The standard InChI is InChI=1S/C27H33N9O3/c1-8-24(37)31-19-12-20(22(38-6)13-21(19)35(4)10-9-34(2)3)32-27-29-16-23(39-7)25(33-27)17-11-18-15-30-36(5)26(18)28-14-17/h8,11-16H,1,9-10H2,2-7H3,(H,31,37)(H,29,32,33). The highest BCUT2D eigenvalue weighted by Gasteiger charge is 2.18. The number of benzene rings is 1. The number of aryl methyl sites for hydroxylation is 1. The topological polar surface area (TPSA) is 123 Å². The Kier molecular flexibility index (Phi) is 8.25. The van der Waals surface area contributed by atoms with Crippen LogP contribution in [-0.2, 0) is 11.8 Å². The Hall–Kier alpha value is -4.71. The molecule has 12 heteroatoms. The van der Waals surface area contributed by atoms with Crippen molar-refractivity contribution < 1.29 is 14.3 Å². The molecule has 1 amide bonds. The van der Waals surface area contributed by atoms with E-state index in [0.717, 1.165) is 35.4 Å². The maximum absolute atomic E-state index is 12.3. The second kappa shape index (κ2) is 11.8. The van der Waals surface area contributed by atoms with E-state index in [-0.39, 0.29) is 5.91 Å². The van der Waals surface area contributed by atoms with Gasteiger partial charge in [0, 0.05) is 50.4 Å². The van der Waals surface area contributed by atoms with Gasteiger partial charge in [-0.3, -0.25) is 9.48 Å². The minimum atomic E-state index is -0.324. The SMILES string of the molecule is C=CC(=O)Nc1cc(Nc2ncc(OC)c(-c3cnc4c(cnn4C)c3)n2)c(OC)cc1N(C)CCN(C)C. The second-order valence-electron chi connectivity index (χ2n) is 9.13. The molecule has 3 aromatic heterocycles. The zero-order valence-electron chi connectivity index (χ0n) is 23.0. The third-order valence-corrected chi connectivity index (χ3v) is 6.12. The Morgan fingerprint density at radius 1 is 1.03 bits per heavy atom. The van der Waals surface area contributed by atoms with Crippen molar-refractivity contribution in [1.29, 1.82) is 0 Å². The number of ether oxygens (including phenoxy) is 2. The zero-order chi connectivity index (χ0) is 28.1. The third-order valence-electron chi connectivity index (χ3n) is 6.12. The van der Waals surface area contributed by atoms with Gasteiger partial charge in [0.2, 0.25) is 11.9 Å². The van der Waals surface area contributed by atoms with Gasteiger partial charge in [0.05, 0.1) is 43.7 Å². The predicted octanol–water partition coefficient (Wildman–Crippen LogP) is 3.31. The molecule has 0 aliphatic rings. The lowest BCUT2D eigenvalue weighted by Crippen LogP contribution is -2.29. The lowest BCUT2D eigenvalue weighted by molar-refractivity contribution is -0.111. The lowest BCUT2D eigenvalue weighted by Gasteiger charge is -2.26. The molecule has 4 aromatic rings. The van der Waals surface area contributed by atoms with Gasteiger partial charge in [-0.05, 0) is 32.3 Å². The number of methoxy groups -OCH3 is 2. The summed E-state index contributed by atoms with van der Waals surface area (Å²) in [5, 5.41) is 11.3. The summed E-state index contributed by atoms with van der Waals surface area (Å²) in [6, 6.07) is 5.60. The van der Waals surface area contributed by atoms with Crippen LogP contribution < -0.4 is 25.0 Å². The van der Waals surface area contributed by atoms with Gasteiger partial charge < -0.3 is 29.9 Å². The molecule has 0 spiro atoms. The molecule has 1 aromatic carbocycles. The number of carbonyl (C=O) groups excluding carboxylic acids is 1. The molecule has 0 unspecified atom stereocenters. The maximum atomic E-state index is 12.3. The van der Waals surface area contributed by atoms with Gasteiger partial charge in [-0.1, -0.05) is 6.58 Å². The average Bonchev–Trinajstić information content (AvgIpc) is 3.31. The van der Waals surface area contributed by atoms with Crippen LogP contribution in [0.15, 0.2) is 49.4 Å². The van der Waals surface area contributed by atoms with Crippen LogP contribution in [-0.4, -0.2) is 84.0 Å². The van der Waals surface area contributed by atoms with Crippen LogP contribution >= 0.6 is 0 Å². The molecule has 3 heterocycles. The molecule has 2 N–H and O–H groups in total. The van der Waals surface area contributed by atoms with Crippen molar-refractivity contribution in [1.82, 2.24) is 29.6 Å². The first-order valence-electron chi connectivity index (χ1n) is 12.2. The fraction of sp³-hybridized carbons (Fsp3) is 0.296. The Bertz CT molecular complexity index is 1500. The van der Waals surface area contributed by atoms with Crippen molar-refractivity contribution >= 4 is 40.0 Å². The highest BCUT2D eigenvalue weighted by molar-refractivity contribution is 6.02. The Balaban J connectivity index is 1.73. The van der Waals surface area contributed by atoms with E-state index in [2.05, 4.69) is 42.1 Å². The van der Waals surface area contributed by atoms with E-state index in [1.54, 1.807) is 43.6 Å². The quantitative estimate of drug-likeness (QED) is 0.279. The van der Waals surface area contributed by atoms with Crippen LogP contribution in [0.25, 0.3) is 22.3 Å². The number of hydrogen-bond acceptors (Lipinski definition) is 10. The number of pyridine rings is 1. The average molecular weight is 532 g/mol. The van der Waals surface area contributed by atoms with Gasteiger partial charge in [-0.2, -0.15) is 5.10 Å². The van der Waals surface area contributed by atoms with Crippen LogP contribution in [0.1, 0.15) is 0 Å². The fourth-order valence-corrected chi connectivity index (χ4v) is 3.99. The molecular formula is C27H33N9O3. The zero-order valence-corrected chi connectivity index (χ0v) is 23.0. The van der Waals surface area contributed by atoms with Crippen molar-refractivity contribution in [3.05, 3.63) is 49.4 Å². The largest absolute Gasteiger partial charge is 0.494 e. The molecule has 0 aliphatic carbocycles. The molecule has 0 atom stereocenters. The number of anilines is 4. The van der Waals surface area contributed by atoms with Crippen molar-refractivity contribution in [2.45, 2.75) is 0 Å². The van der Waals surface area contributed by atoms with Crippen LogP contribution in [0.3, 0.4) is 0 Å². The van der Waals surface area contributed by atoms with E-state index in [0.29, 0.717) is 34.5 Å². The fourth-order valence-electron chi connectivity index (χ4n) is 3.99. The number of hydrogen-bond donors (Lipinski definition) is 2. The minimum Gasteiger partial charge on any atom is -0.494 e. The summed E-state index contributed by atoms with van der Waals surface area (Å²) in [5.74, 6) is 1.03. The van der Waals surface area contributed by atoms with Crippen molar-refractivity contribution in [2.75, 3.05) is 64.0 Å². The number of aromatic nitrogens is 5. The minimum absolute atomic E-state index is 0.310. The van der Waals surface area contributed by atoms with E-state index in [9.17, 15) is 4.79 Å². The van der Waals surface area contributed by atoms with Crippen molar-refractivity contribution in [3.8, 4) is 22.8 Å². The van der Waals surface area contributed by atoms with E-state index in [1.165, 1.54) is 6.08 Å². The van der Waals surface area contributed by atoms with Crippen LogP contribution in [0, 0.1) is 0 Å². The predicted molar refractivity (Wildman–Crippen MR) is 153 cm³/mol. The van der Waals surface area contributed by atoms with Crippen molar-refractivity contribution in [2.24, 2.45) is 7.05 Å². The summed E-state index contributed by atoms with van der Waals surface area (Å²) in [5.41, 5.74) is 4.03. The van der Waals surface area contributed by atoms with Crippen LogP contribution in [0.2, 0.25) is 0 Å². The van der Waals surface area contributed by atoms with E-state index >= 15 is 0 Å². The maximum Gasteiger partial charge on any atom is 0.247 e. The molecule has 39 heavy (non-hydrogen) atoms. The van der Waals surface area contributed by atoms with Gasteiger partial charge in [-0.25, -0.2) is 15.0 Å². The first-order chi connectivity index (χ1) is 18.7. The number of carbonyl (C=O) groups is 1. The lowest BCUT2D eigenvalue weighted by atomic mass is 10.1. The van der Waals surface area contributed by atoms with Gasteiger partial charge in [0.1, 0.15) is 11.4 Å². The van der Waals surface area contributed by atoms with Gasteiger partial charge in [-0.15, -0.1) is 0 Å². The number of likely N-dealkylation sites (N-methyl/N-ethyl adjacent to an activating group) is 2. The molecule has 204 valence electrons. The van der Waals surface area contributed by atoms with E-state index < -0.39 is 0 Å². The number of nitrogens with one attached hydrogen (secondary N) is 2. The molecule has 0 bridgehead atoms. The molecule has 12 nitrogen and oxygen atoms in total. The number of fused-ring (bicyclic) bond motifs is 1. The first kappa shape index (κ1) is 27.3. The van der Waals surface area contributed by atoms with Gasteiger partial charge in [0.25, 0.3) is 0 Å². The highest BCUT2D eigenvalue weighted by Crippen LogP contribution is 2.38. The number of rotatable bonds is 11. The summed E-state index contributed by atoms with van der Waals surface area (Å²) in [4.78, 5) is 30.1. The summed E-state index contributed by atoms with van der Waals surface area (Å²) >= 11 is 0. The first-order valence-corrected chi connectivity index (χ1v) is 12.2. The molecule has 0 aliphatic heterocycles. The summed E-state index contributed by atoms with van der Waals surface area (Å²) < 4.78 is 12.9. The molecule has 0 radical (unpaired) electrons. The summed E-state index contributed by atoms with van der Waals surface area (Å²) in [6.45, 7) is 5.14. The smallest absolute Gasteiger partial charge is 0.247 e. The van der Waals surface area contributed by atoms with Crippen molar-refractivity contribution in [3.63, 3.8) is 0 Å². The summed E-state index contributed by atoms with van der Waals surface area (Å²) in [6.07, 6.45) is 6.29. The highest BCUT2D eigenvalue weighted by atomic mass is 16.5. The number of amides is 1.